The van der Waals surface area contributed by atoms with Crippen LogP contribution in [0.25, 0.3) is 0 Å². The molecule has 1 heterocycles. The monoisotopic (exact) mass is 225 g/mol. The van der Waals surface area contributed by atoms with Crippen molar-refractivity contribution in [3.05, 3.63) is 0 Å². The van der Waals surface area contributed by atoms with Gasteiger partial charge in [0.05, 0.1) is 5.92 Å². The molecule has 0 unspecified atom stereocenters. The van der Waals surface area contributed by atoms with Crippen molar-refractivity contribution in [2.45, 2.75) is 38.5 Å². The van der Waals surface area contributed by atoms with E-state index in [0.717, 1.165) is 45.2 Å². The van der Waals surface area contributed by atoms with Gasteiger partial charge >= 0.3 is 5.97 Å². The van der Waals surface area contributed by atoms with Crippen LogP contribution in [-0.4, -0.2) is 35.0 Å². The van der Waals surface area contributed by atoms with Gasteiger partial charge in [-0.15, -0.1) is 0 Å². The molecule has 2 fully saturated rings. The zero-order valence-electron chi connectivity index (χ0n) is 9.52. The first-order valence-corrected chi connectivity index (χ1v) is 6.17. The van der Waals surface area contributed by atoms with Gasteiger partial charge in [0.1, 0.15) is 0 Å². The van der Waals surface area contributed by atoms with Crippen LogP contribution in [0.2, 0.25) is 0 Å². The van der Waals surface area contributed by atoms with Crippen LogP contribution in [0.3, 0.4) is 0 Å². The van der Waals surface area contributed by atoms with E-state index in [2.05, 4.69) is 0 Å². The minimum absolute atomic E-state index is 0.148. The lowest BCUT2D eigenvalue weighted by molar-refractivity contribution is -0.143. The third-order valence-electron chi connectivity index (χ3n) is 3.85. The molecule has 90 valence electrons. The SMILES string of the molecule is O=C1CCCN1C[C@H]1CC[C@H](C(=O)O)CC1. The maximum atomic E-state index is 11.5. The second-order valence-electron chi connectivity index (χ2n) is 5.00. The normalized spacial score (nSPS) is 30.8. The summed E-state index contributed by atoms with van der Waals surface area (Å²) in [6.07, 6.45) is 5.17. The first-order valence-electron chi connectivity index (χ1n) is 6.17. The van der Waals surface area contributed by atoms with Crippen molar-refractivity contribution in [1.82, 2.24) is 4.90 Å². The standard InChI is InChI=1S/C12H19NO3/c14-11-2-1-7-13(11)8-9-3-5-10(6-4-9)12(15)16/h9-10H,1-8H2,(H,15,16)/t9-,10-. The minimum Gasteiger partial charge on any atom is -0.481 e. The average molecular weight is 225 g/mol. The van der Waals surface area contributed by atoms with E-state index < -0.39 is 5.97 Å². The van der Waals surface area contributed by atoms with Crippen molar-refractivity contribution in [2.24, 2.45) is 11.8 Å². The van der Waals surface area contributed by atoms with Crippen molar-refractivity contribution in [3.63, 3.8) is 0 Å². The van der Waals surface area contributed by atoms with Gasteiger partial charge < -0.3 is 10.0 Å². The van der Waals surface area contributed by atoms with Gasteiger partial charge in [-0.05, 0) is 38.0 Å². The highest BCUT2D eigenvalue weighted by atomic mass is 16.4. The Labute approximate surface area is 95.6 Å². The van der Waals surface area contributed by atoms with E-state index in [1.807, 2.05) is 4.90 Å². The number of amides is 1. The number of rotatable bonds is 3. The zero-order chi connectivity index (χ0) is 11.5. The first kappa shape index (κ1) is 11.4. The molecule has 4 nitrogen and oxygen atoms in total. The van der Waals surface area contributed by atoms with Gasteiger partial charge in [-0.3, -0.25) is 9.59 Å². The maximum Gasteiger partial charge on any atom is 0.306 e. The molecule has 1 N–H and O–H groups in total. The van der Waals surface area contributed by atoms with Crippen LogP contribution in [0.1, 0.15) is 38.5 Å². The average Bonchev–Trinajstić information content (AvgIpc) is 2.65. The van der Waals surface area contributed by atoms with E-state index in [0.29, 0.717) is 12.3 Å². The Morgan fingerprint density at radius 2 is 2.00 bits per heavy atom. The molecule has 1 aliphatic carbocycles. The van der Waals surface area contributed by atoms with E-state index >= 15 is 0 Å². The lowest BCUT2D eigenvalue weighted by Gasteiger charge is -2.29. The van der Waals surface area contributed by atoms with Gasteiger partial charge in [-0.1, -0.05) is 0 Å². The van der Waals surface area contributed by atoms with E-state index in [-0.39, 0.29) is 11.8 Å². The molecule has 1 saturated carbocycles. The van der Waals surface area contributed by atoms with Crippen LogP contribution in [0, 0.1) is 11.8 Å². The Bertz CT molecular complexity index is 282. The number of carboxylic acids is 1. The lowest BCUT2D eigenvalue weighted by Crippen LogP contribution is -2.33. The molecular weight excluding hydrogens is 206 g/mol. The molecule has 1 saturated heterocycles. The van der Waals surface area contributed by atoms with Gasteiger partial charge in [0, 0.05) is 19.5 Å². The van der Waals surface area contributed by atoms with E-state index in [1.165, 1.54) is 0 Å². The van der Waals surface area contributed by atoms with Crippen molar-refractivity contribution in [3.8, 4) is 0 Å². The van der Waals surface area contributed by atoms with Gasteiger partial charge in [-0.25, -0.2) is 0 Å². The highest BCUT2D eigenvalue weighted by molar-refractivity contribution is 5.78. The Morgan fingerprint density at radius 1 is 1.31 bits per heavy atom. The van der Waals surface area contributed by atoms with Crippen molar-refractivity contribution >= 4 is 11.9 Å². The summed E-state index contributed by atoms with van der Waals surface area (Å²) in [6.45, 7) is 1.75. The van der Waals surface area contributed by atoms with Crippen molar-refractivity contribution in [1.29, 1.82) is 0 Å². The molecule has 0 aromatic rings. The fourth-order valence-electron chi connectivity index (χ4n) is 2.80. The molecule has 0 spiro atoms. The summed E-state index contributed by atoms with van der Waals surface area (Å²) in [5.74, 6) is -0.000707. The van der Waals surface area contributed by atoms with Gasteiger partial charge in [-0.2, -0.15) is 0 Å². The van der Waals surface area contributed by atoms with Gasteiger partial charge in [0.25, 0.3) is 0 Å². The van der Waals surface area contributed by atoms with Crippen LogP contribution >= 0.6 is 0 Å². The van der Waals surface area contributed by atoms with E-state index in [9.17, 15) is 9.59 Å². The maximum absolute atomic E-state index is 11.5. The summed E-state index contributed by atoms with van der Waals surface area (Å²) in [6, 6.07) is 0. The number of likely N-dealkylation sites (tertiary alicyclic amines) is 1. The summed E-state index contributed by atoms with van der Waals surface area (Å²) in [7, 11) is 0. The van der Waals surface area contributed by atoms with Crippen LogP contribution in [0.15, 0.2) is 0 Å². The third-order valence-corrected chi connectivity index (χ3v) is 3.85. The predicted octanol–water partition coefficient (Wildman–Crippen LogP) is 1.50. The topological polar surface area (TPSA) is 57.6 Å². The number of aliphatic carboxylic acids is 1. The smallest absolute Gasteiger partial charge is 0.306 e. The molecule has 0 aromatic heterocycles. The van der Waals surface area contributed by atoms with Crippen LogP contribution < -0.4 is 0 Å². The largest absolute Gasteiger partial charge is 0.481 e. The van der Waals surface area contributed by atoms with E-state index in [4.69, 9.17) is 5.11 Å². The summed E-state index contributed by atoms with van der Waals surface area (Å²) in [4.78, 5) is 24.2. The van der Waals surface area contributed by atoms with Crippen molar-refractivity contribution in [2.75, 3.05) is 13.1 Å². The molecule has 0 bridgehead atoms. The Kier molecular flexibility index (Phi) is 3.46. The Hall–Kier alpha value is -1.06. The summed E-state index contributed by atoms with van der Waals surface area (Å²) >= 11 is 0. The number of carboxylic acid groups (broad SMARTS) is 1. The summed E-state index contributed by atoms with van der Waals surface area (Å²) in [5.41, 5.74) is 0. The number of hydrogen-bond donors (Lipinski definition) is 1. The molecule has 2 aliphatic rings. The van der Waals surface area contributed by atoms with Gasteiger partial charge in [0.15, 0.2) is 0 Å². The molecule has 1 amide bonds. The minimum atomic E-state index is -0.657. The quantitative estimate of drug-likeness (QED) is 0.791. The number of hydrogen-bond acceptors (Lipinski definition) is 2. The fraction of sp³-hybridized carbons (Fsp3) is 0.833. The van der Waals surface area contributed by atoms with Crippen LogP contribution in [-0.2, 0) is 9.59 Å². The molecule has 0 atom stereocenters. The van der Waals surface area contributed by atoms with E-state index in [1.54, 1.807) is 0 Å². The summed E-state index contributed by atoms with van der Waals surface area (Å²) < 4.78 is 0. The molecular formula is C12H19NO3. The molecule has 16 heavy (non-hydrogen) atoms. The Morgan fingerprint density at radius 3 is 2.50 bits per heavy atom. The zero-order valence-corrected chi connectivity index (χ0v) is 9.52. The second-order valence-corrected chi connectivity index (χ2v) is 5.00. The molecule has 4 heteroatoms. The second kappa shape index (κ2) is 4.85. The number of carbonyl (C=O) groups excluding carboxylic acids is 1. The van der Waals surface area contributed by atoms with Gasteiger partial charge in [0.2, 0.25) is 5.91 Å². The molecule has 1 aliphatic heterocycles. The predicted molar refractivity (Wildman–Crippen MR) is 58.9 cm³/mol. The number of nitrogens with zero attached hydrogens (tertiary/aromatic N) is 1. The Balaban J connectivity index is 1.77. The van der Waals surface area contributed by atoms with Crippen LogP contribution in [0.4, 0.5) is 0 Å². The molecule has 0 radical (unpaired) electrons. The fourth-order valence-corrected chi connectivity index (χ4v) is 2.80. The summed E-state index contributed by atoms with van der Waals surface area (Å²) in [5, 5.41) is 8.89. The molecule has 0 aromatic carbocycles. The first-order chi connectivity index (χ1) is 7.66. The highest BCUT2D eigenvalue weighted by Crippen LogP contribution is 2.30. The number of carbonyl (C=O) groups is 2. The molecule has 2 rings (SSSR count). The van der Waals surface area contributed by atoms with Crippen molar-refractivity contribution < 1.29 is 14.7 Å². The third kappa shape index (κ3) is 2.54. The van der Waals surface area contributed by atoms with Crippen LogP contribution in [0.5, 0.6) is 0 Å². The highest BCUT2D eigenvalue weighted by Gasteiger charge is 2.29. The lowest BCUT2D eigenvalue weighted by atomic mass is 9.82.